The molecule has 0 bridgehead atoms. The van der Waals surface area contributed by atoms with E-state index in [4.69, 9.17) is 9.47 Å². The van der Waals surface area contributed by atoms with Crippen LogP contribution < -0.4 is 14.8 Å². The molecule has 1 aromatic carbocycles. The number of halogens is 1. The van der Waals surface area contributed by atoms with Gasteiger partial charge in [-0.15, -0.1) is 12.4 Å². The molecule has 2 fully saturated rings. The number of piperazine rings is 1. The van der Waals surface area contributed by atoms with Gasteiger partial charge < -0.3 is 14.8 Å². The van der Waals surface area contributed by atoms with Crippen LogP contribution in [0.25, 0.3) is 0 Å². The highest BCUT2D eigenvalue weighted by Gasteiger charge is 2.28. The number of nitrogens with zero attached hydrogens (tertiary/aromatic N) is 2. The lowest BCUT2D eigenvalue weighted by atomic mass is 10.2. The van der Waals surface area contributed by atoms with Gasteiger partial charge in [0.2, 0.25) is 0 Å². The summed E-state index contributed by atoms with van der Waals surface area (Å²) < 4.78 is 11.6. The maximum absolute atomic E-state index is 5.81. The van der Waals surface area contributed by atoms with E-state index in [9.17, 15) is 0 Å². The summed E-state index contributed by atoms with van der Waals surface area (Å²) in [5, 5.41) is 3.45. The van der Waals surface area contributed by atoms with Crippen molar-refractivity contribution in [2.75, 3.05) is 52.5 Å². The highest BCUT2D eigenvalue weighted by atomic mass is 35.5. The Balaban J connectivity index is 0.00000243. The molecule has 0 saturated carbocycles. The minimum Gasteiger partial charge on any atom is -0.490 e. The van der Waals surface area contributed by atoms with Gasteiger partial charge in [0.05, 0.1) is 13.2 Å². The maximum Gasteiger partial charge on any atom is 0.161 e. The standard InChI is InChI=1S/C20H33N3O2.ClH/c1-3-13-25-19-6-5-17(14-20(19)24-4-2)15-22-10-7-18(16-22)23-11-8-21-9-12-23;/h5-6,14,18,21H,3-4,7-13,15-16H2,1-2H3;1H. The Labute approximate surface area is 164 Å². The van der Waals surface area contributed by atoms with Gasteiger partial charge in [-0.05, 0) is 37.5 Å². The molecule has 148 valence electrons. The summed E-state index contributed by atoms with van der Waals surface area (Å²) in [6, 6.07) is 7.14. The molecule has 0 aromatic heterocycles. The van der Waals surface area contributed by atoms with Crippen LogP contribution in [0.5, 0.6) is 11.5 Å². The fourth-order valence-electron chi connectivity index (χ4n) is 3.81. The Morgan fingerprint density at radius 1 is 1.08 bits per heavy atom. The monoisotopic (exact) mass is 383 g/mol. The van der Waals surface area contributed by atoms with E-state index in [-0.39, 0.29) is 12.4 Å². The number of hydrogen-bond acceptors (Lipinski definition) is 5. The average molecular weight is 384 g/mol. The van der Waals surface area contributed by atoms with Crippen LogP contribution in [-0.4, -0.2) is 68.3 Å². The molecule has 2 heterocycles. The number of benzene rings is 1. The van der Waals surface area contributed by atoms with E-state index in [0.29, 0.717) is 6.61 Å². The van der Waals surface area contributed by atoms with Crippen molar-refractivity contribution in [3.05, 3.63) is 23.8 Å². The third-order valence-electron chi connectivity index (χ3n) is 5.09. The summed E-state index contributed by atoms with van der Waals surface area (Å²) in [5.41, 5.74) is 1.31. The molecule has 1 unspecified atom stereocenters. The van der Waals surface area contributed by atoms with Crippen molar-refractivity contribution in [3.8, 4) is 11.5 Å². The summed E-state index contributed by atoms with van der Waals surface area (Å²) >= 11 is 0. The maximum atomic E-state index is 5.81. The number of nitrogens with one attached hydrogen (secondary N) is 1. The van der Waals surface area contributed by atoms with Crippen LogP contribution in [0.15, 0.2) is 18.2 Å². The molecule has 2 saturated heterocycles. The minimum absolute atomic E-state index is 0. The lowest BCUT2D eigenvalue weighted by Gasteiger charge is -2.32. The molecule has 2 aliphatic rings. The Bertz CT molecular complexity index is 538. The van der Waals surface area contributed by atoms with E-state index < -0.39 is 0 Å². The van der Waals surface area contributed by atoms with Gasteiger partial charge in [0.25, 0.3) is 0 Å². The van der Waals surface area contributed by atoms with Crippen molar-refractivity contribution in [1.82, 2.24) is 15.1 Å². The van der Waals surface area contributed by atoms with Crippen LogP contribution in [0.3, 0.4) is 0 Å². The Hall–Kier alpha value is -1.01. The summed E-state index contributed by atoms with van der Waals surface area (Å²) in [4.78, 5) is 5.23. The van der Waals surface area contributed by atoms with Gasteiger partial charge in [0.1, 0.15) is 0 Å². The molecular weight excluding hydrogens is 350 g/mol. The molecular formula is C20H34ClN3O2. The van der Waals surface area contributed by atoms with E-state index in [1.165, 1.54) is 38.2 Å². The fraction of sp³-hybridized carbons (Fsp3) is 0.700. The van der Waals surface area contributed by atoms with Gasteiger partial charge in [0.15, 0.2) is 11.5 Å². The fourth-order valence-corrected chi connectivity index (χ4v) is 3.81. The van der Waals surface area contributed by atoms with Crippen molar-refractivity contribution < 1.29 is 9.47 Å². The van der Waals surface area contributed by atoms with Crippen molar-refractivity contribution >= 4 is 12.4 Å². The van der Waals surface area contributed by atoms with Crippen molar-refractivity contribution in [2.45, 2.75) is 39.3 Å². The second-order valence-electron chi connectivity index (χ2n) is 7.03. The molecule has 2 aliphatic heterocycles. The number of hydrogen-bond donors (Lipinski definition) is 1. The van der Waals surface area contributed by atoms with Gasteiger partial charge in [-0.25, -0.2) is 0 Å². The second kappa shape index (κ2) is 11.0. The lowest BCUT2D eigenvalue weighted by molar-refractivity contribution is 0.170. The zero-order valence-electron chi connectivity index (χ0n) is 16.2. The topological polar surface area (TPSA) is 37.0 Å². The molecule has 1 aromatic rings. The molecule has 0 radical (unpaired) electrons. The molecule has 6 heteroatoms. The average Bonchev–Trinajstić information content (AvgIpc) is 3.11. The minimum atomic E-state index is 0. The molecule has 0 aliphatic carbocycles. The molecule has 0 spiro atoms. The predicted octanol–water partition coefficient (Wildman–Crippen LogP) is 2.78. The largest absolute Gasteiger partial charge is 0.490 e. The van der Waals surface area contributed by atoms with Crippen molar-refractivity contribution in [2.24, 2.45) is 0 Å². The third kappa shape index (κ3) is 5.74. The summed E-state index contributed by atoms with van der Waals surface area (Å²) in [5.74, 6) is 1.75. The summed E-state index contributed by atoms with van der Waals surface area (Å²) in [6.07, 6.45) is 2.30. The molecule has 1 atom stereocenters. The number of likely N-dealkylation sites (tertiary alicyclic amines) is 1. The molecule has 3 rings (SSSR count). The Morgan fingerprint density at radius 2 is 1.88 bits per heavy atom. The predicted molar refractivity (Wildman–Crippen MR) is 109 cm³/mol. The first-order valence-electron chi connectivity index (χ1n) is 9.85. The smallest absolute Gasteiger partial charge is 0.161 e. The van der Waals surface area contributed by atoms with Gasteiger partial charge in [-0.2, -0.15) is 0 Å². The van der Waals surface area contributed by atoms with Gasteiger partial charge in [0, 0.05) is 51.9 Å². The first-order valence-corrected chi connectivity index (χ1v) is 9.85. The quantitative estimate of drug-likeness (QED) is 0.747. The van der Waals surface area contributed by atoms with E-state index in [1.54, 1.807) is 0 Å². The van der Waals surface area contributed by atoms with Gasteiger partial charge in [-0.1, -0.05) is 13.0 Å². The van der Waals surface area contributed by atoms with Crippen LogP contribution >= 0.6 is 12.4 Å². The zero-order valence-corrected chi connectivity index (χ0v) is 17.0. The summed E-state index contributed by atoms with van der Waals surface area (Å²) in [6.45, 7) is 13.6. The number of rotatable bonds is 8. The van der Waals surface area contributed by atoms with E-state index >= 15 is 0 Å². The van der Waals surface area contributed by atoms with Crippen molar-refractivity contribution in [3.63, 3.8) is 0 Å². The molecule has 1 N–H and O–H groups in total. The van der Waals surface area contributed by atoms with Crippen LogP contribution in [0.1, 0.15) is 32.3 Å². The summed E-state index contributed by atoms with van der Waals surface area (Å²) in [7, 11) is 0. The van der Waals surface area contributed by atoms with Crippen LogP contribution in [0, 0.1) is 0 Å². The Kier molecular flexibility index (Phi) is 8.99. The van der Waals surface area contributed by atoms with Gasteiger partial charge >= 0.3 is 0 Å². The highest BCUT2D eigenvalue weighted by Crippen LogP contribution is 2.30. The zero-order chi connectivity index (χ0) is 17.5. The highest BCUT2D eigenvalue weighted by molar-refractivity contribution is 5.85. The molecule has 5 nitrogen and oxygen atoms in total. The molecule has 0 amide bonds. The van der Waals surface area contributed by atoms with Crippen molar-refractivity contribution in [1.29, 1.82) is 0 Å². The van der Waals surface area contributed by atoms with Crippen LogP contribution in [-0.2, 0) is 6.54 Å². The number of ether oxygens (including phenoxy) is 2. The first-order chi connectivity index (χ1) is 12.3. The lowest BCUT2D eigenvalue weighted by Crippen LogP contribution is -2.49. The Morgan fingerprint density at radius 3 is 2.62 bits per heavy atom. The first kappa shape index (κ1) is 21.3. The van der Waals surface area contributed by atoms with E-state index in [1.807, 2.05) is 6.92 Å². The van der Waals surface area contributed by atoms with Crippen LogP contribution in [0.2, 0.25) is 0 Å². The van der Waals surface area contributed by atoms with E-state index in [0.717, 1.165) is 50.2 Å². The second-order valence-corrected chi connectivity index (χ2v) is 7.03. The third-order valence-corrected chi connectivity index (χ3v) is 5.09. The normalized spacial score (nSPS) is 21.4. The molecule has 26 heavy (non-hydrogen) atoms. The van der Waals surface area contributed by atoms with Gasteiger partial charge in [-0.3, -0.25) is 9.80 Å². The van der Waals surface area contributed by atoms with E-state index in [2.05, 4.69) is 40.2 Å². The van der Waals surface area contributed by atoms with Crippen LogP contribution in [0.4, 0.5) is 0 Å². The SMILES string of the molecule is CCCOc1ccc(CN2CCC(N3CCNCC3)C2)cc1OCC.Cl.